The molecule has 0 amide bonds. The molecule has 2 aromatic heterocycles. The lowest BCUT2D eigenvalue weighted by Crippen LogP contribution is -2.42. The largest absolute Gasteiger partial charge is 0.508 e. The minimum absolute atomic E-state index is 0.0451. The molecule has 10 atom stereocenters. The van der Waals surface area contributed by atoms with Crippen LogP contribution in [0.1, 0.15) is 120 Å². The van der Waals surface area contributed by atoms with E-state index in [9.17, 15) is 35.4 Å². The second-order valence-electron chi connectivity index (χ2n) is 17.2. The van der Waals surface area contributed by atoms with Gasteiger partial charge in [0.05, 0.1) is 23.7 Å². The van der Waals surface area contributed by atoms with Gasteiger partial charge in [-0.1, -0.05) is 51.2 Å². The zero-order chi connectivity index (χ0) is 39.1. The predicted molar refractivity (Wildman–Crippen MR) is 214 cm³/mol. The number of aromatic hydroxyl groups is 2. The molecule has 0 aliphatic heterocycles. The van der Waals surface area contributed by atoms with Gasteiger partial charge in [0.25, 0.3) is 0 Å². The average molecular weight is 758 g/mol. The molecule has 2 saturated carbocycles. The number of aliphatic carboxylic acids is 1. The van der Waals surface area contributed by atoms with E-state index in [-0.39, 0.29) is 53.6 Å². The molecule has 10 heteroatoms. The minimum Gasteiger partial charge on any atom is -0.508 e. The maximum atomic E-state index is 12.9. The van der Waals surface area contributed by atoms with Gasteiger partial charge in [0, 0.05) is 41.1 Å². The fraction of sp³-hybridized carbons (Fsp3) is 0.600. The fourth-order valence-electron chi connectivity index (χ4n) is 10.5. The standard InChI is InChI=1S/C45H63N3O7/c1-2-3-4-7-28-10-11-31(41(52)22-28)8-5-6-9-32-12-13-36(39-15-14-38(48-39)33-24-34(49)26-35(50)25-33)37-21-30(20-29-17-19-47-42(46)23-29)27-45(37,55)18-16-40(51)43(32)44(53)54/h10-11,14-15,17,19,23-26,28,30-32,36-37,40-41,43,48-52,55H,2-9,12-13,16,18,20-22,27H2,1H3,(H2,46,47)(H,53,54). The first-order valence-corrected chi connectivity index (χ1v) is 20.8. The lowest BCUT2D eigenvalue weighted by molar-refractivity contribution is -0.150. The fourth-order valence-corrected chi connectivity index (χ4v) is 10.5. The average Bonchev–Trinajstić information content (AvgIpc) is 3.74. The highest BCUT2D eigenvalue weighted by molar-refractivity contribution is 5.71. The number of pyridine rings is 1. The Labute approximate surface area is 325 Å². The van der Waals surface area contributed by atoms with Crippen molar-refractivity contribution >= 4 is 11.8 Å². The second-order valence-corrected chi connectivity index (χ2v) is 17.2. The van der Waals surface area contributed by atoms with Crippen molar-refractivity contribution in [2.75, 3.05) is 5.73 Å². The van der Waals surface area contributed by atoms with E-state index in [1.807, 2.05) is 24.3 Å². The molecule has 0 spiro atoms. The Morgan fingerprint density at radius 2 is 1.67 bits per heavy atom. The Morgan fingerprint density at radius 1 is 0.909 bits per heavy atom. The summed E-state index contributed by atoms with van der Waals surface area (Å²) in [6.45, 7) is 2.21. The number of hydrogen-bond acceptors (Lipinski definition) is 8. The van der Waals surface area contributed by atoms with E-state index in [0.29, 0.717) is 49.4 Å². The molecule has 2 fully saturated rings. The van der Waals surface area contributed by atoms with E-state index < -0.39 is 23.6 Å². The summed E-state index contributed by atoms with van der Waals surface area (Å²) < 4.78 is 0. The molecule has 3 aliphatic carbocycles. The van der Waals surface area contributed by atoms with E-state index in [1.165, 1.54) is 25.3 Å². The zero-order valence-electron chi connectivity index (χ0n) is 32.4. The number of carbonyl (C=O) groups is 1. The molecule has 1 aromatic carbocycles. The summed E-state index contributed by atoms with van der Waals surface area (Å²) in [6, 6.07) is 12.2. The number of anilines is 1. The summed E-state index contributed by atoms with van der Waals surface area (Å²) in [5, 5.41) is 66.0. The smallest absolute Gasteiger partial charge is 0.309 e. The number of nitrogen functional groups attached to an aromatic ring is 1. The maximum Gasteiger partial charge on any atom is 0.309 e. The first-order valence-electron chi connectivity index (χ1n) is 20.8. The number of nitrogens with zero attached hydrogens (tertiary/aromatic N) is 1. The van der Waals surface area contributed by atoms with Gasteiger partial charge in [0.1, 0.15) is 17.3 Å². The molecule has 3 aromatic rings. The van der Waals surface area contributed by atoms with Crippen molar-refractivity contribution in [2.45, 2.75) is 133 Å². The van der Waals surface area contributed by atoms with Crippen molar-refractivity contribution in [1.82, 2.24) is 9.97 Å². The van der Waals surface area contributed by atoms with E-state index in [1.54, 1.807) is 18.3 Å². The van der Waals surface area contributed by atoms with Gasteiger partial charge in [0.15, 0.2) is 0 Å². The molecule has 10 nitrogen and oxygen atoms in total. The number of fused-ring (bicyclic) bond motifs is 1. The number of carboxylic acid groups (broad SMARTS) is 1. The molecule has 300 valence electrons. The van der Waals surface area contributed by atoms with Crippen LogP contribution in [0.5, 0.6) is 11.5 Å². The number of nitrogens with one attached hydrogen (secondary N) is 1. The van der Waals surface area contributed by atoms with Crippen molar-refractivity contribution in [3.63, 3.8) is 0 Å². The molecule has 2 heterocycles. The summed E-state index contributed by atoms with van der Waals surface area (Å²) in [6.07, 6.45) is 17.2. The van der Waals surface area contributed by atoms with Crippen molar-refractivity contribution in [1.29, 1.82) is 0 Å². The Balaban J connectivity index is 1.22. The number of carboxylic acids is 1. The Hall–Kier alpha value is -3.86. The number of allylic oxidation sites excluding steroid dienone is 1. The Kier molecular flexibility index (Phi) is 13.6. The molecule has 0 bridgehead atoms. The number of aliphatic hydroxyl groups excluding tert-OH is 2. The van der Waals surface area contributed by atoms with Crippen LogP contribution in [0.15, 0.2) is 60.8 Å². The summed E-state index contributed by atoms with van der Waals surface area (Å²) >= 11 is 0. The number of nitrogens with two attached hydrogens (primary N) is 1. The number of hydrogen-bond donors (Lipinski definition) is 8. The molecule has 0 radical (unpaired) electrons. The van der Waals surface area contributed by atoms with E-state index >= 15 is 0 Å². The Bertz CT molecular complexity index is 1720. The zero-order valence-corrected chi connectivity index (χ0v) is 32.4. The van der Waals surface area contributed by atoms with Crippen molar-refractivity contribution < 1.29 is 35.4 Å². The van der Waals surface area contributed by atoms with Crippen LogP contribution in [-0.2, 0) is 11.2 Å². The normalized spacial score (nSPS) is 31.2. The number of unbranched alkanes of at least 4 members (excludes halogenated alkanes) is 3. The molecule has 3 aliphatic rings. The van der Waals surface area contributed by atoms with Crippen molar-refractivity contribution in [3.05, 3.63) is 72.1 Å². The molecular weight excluding hydrogens is 695 g/mol. The number of phenolic OH excluding ortho intramolecular Hbond substituents is 2. The minimum atomic E-state index is -1.12. The highest BCUT2D eigenvalue weighted by Crippen LogP contribution is 2.53. The number of phenols is 2. The Morgan fingerprint density at radius 3 is 2.40 bits per heavy atom. The van der Waals surface area contributed by atoms with Crippen LogP contribution in [0.2, 0.25) is 0 Å². The van der Waals surface area contributed by atoms with Gasteiger partial charge in [0.2, 0.25) is 0 Å². The van der Waals surface area contributed by atoms with Gasteiger partial charge in [-0.2, -0.15) is 0 Å². The number of H-pyrrole nitrogens is 1. The van der Waals surface area contributed by atoms with Crippen molar-refractivity contribution in [2.24, 2.45) is 35.5 Å². The van der Waals surface area contributed by atoms with Gasteiger partial charge >= 0.3 is 5.97 Å². The van der Waals surface area contributed by atoms with Crippen LogP contribution < -0.4 is 5.73 Å². The van der Waals surface area contributed by atoms with Crippen LogP contribution in [-0.4, -0.2) is 64.4 Å². The second kappa shape index (κ2) is 18.4. The topological polar surface area (TPSA) is 193 Å². The van der Waals surface area contributed by atoms with E-state index in [0.717, 1.165) is 61.9 Å². The highest BCUT2D eigenvalue weighted by atomic mass is 16.4. The molecule has 9 N–H and O–H groups in total. The molecular formula is C45H63N3O7. The SMILES string of the molecule is CCCCCC1C=CC(CCCCC2CCC(c3ccc(-c4cc(O)cc(O)c4)[nH]3)C3CC(Cc4ccnc(N)c4)CC3(O)CCC(O)C2C(=O)O)C(O)C1. The highest BCUT2D eigenvalue weighted by Gasteiger charge is 2.51. The lowest BCUT2D eigenvalue weighted by Gasteiger charge is -2.39. The molecule has 10 unspecified atom stereocenters. The van der Waals surface area contributed by atoms with Gasteiger partial charge in [-0.15, -0.1) is 0 Å². The maximum absolute atomic E-state index is 12.9. The van der Waals surface area contributed by atoms with Crippen LogP contribution in [0, 0.1) is 35.5 Å². The molecule has 0 saturated heterocycles. The number of benzene rings is 1. The van der Waals surface area contributed by atoms with Crippen LogP contribution in [0.3, 0.4) is 0 Å². The quantitative estimate of drug-likeness (QED) is 0.0593. The predicted octanol–water partition coefficient (Wildman–Crippen LogP) is 8.10. The van der Waals surface area contributed by atoms with Crippen LogP contribution >= 0.6 is 0 Å². The first-order chi connectivity index (χ1) is 26.4. The van der Waals surface area contributed by atoms with Gasteiger partial charge in [-0.3, -0.25) is 4.79 Å². The first kappa shape index (κ1) is 40.8. The third-order valence-electron chi connectivity index (χ3n) is 13.2. The number of rotatable bonds is 14. The van der Waals surface area contributed by atoms with Gasteiger partial charge in [-0.05, 0) is 136 Å². The molecule has 6 rings (SSSR count). The van der Waals surface area contributed by atoms with Gasteiger partial charge < -0.3 is 41.4 Å². The van der Waals surface area contributed by atoms with Gasteiger partial charge in [-0.25, -0.2) is 4.98 Å². The van der Waals surface area contributed by atoms with Crippen molar-refractivity contribution in [3.8, 4) is 22.8 Å². The van der Waals surface area contributed by atoms with E-state index in [2.05, 4.69) is 29.0 Å². The summed E-state index contributed by atoms with van der Waals surface area (Å²) in [7, 11) is 0. The summed E-state index contributed by atoms with van der Waals surface area (Å²) in [5.41, 5.74) is 8.23. The molecule has 55 heavy (non-hydrogen) atoms. The third-order valence-corrected chi connectivity index (χ3v) is 13.2. The van der Waals surface area contributed by atoms with Crippen LogP contribution in [0.25, 0.3) is 11.3 Å². The van der Waals surface area contributed by atoms with E-state index in [4.69, 9.17) is 5.73 Å². The monoisotopic (exact) mass is 757 g/mol. The summed E-state index contributed by atoms with van der Waals surface area (Å²) in [4.78, 5) is 20.6. The lowest BCUT2D eigenvalue weighted by atomic mass is 9.69. The van der Waals surface area contributed by atoms with Crippen LogP contribution in [0.4, 0.5) is 5.82 Å². The third kappa shape index (κ3) is 10.3. The number of aromatic amines is 1. The summed E-state index contributed by atoms with van der Waals surface area (Å²) in [5.74, 6) is -1.42. The number of aliphatic hydroxyl groups is 3. The number of aromatic nitrogens is 2.